The number of amides is 1. The molecular formula is C21H30N2O3. The second-order valence-corrected chi connectivity index (χ2v) is 7.79. The van der Waals surface area contributed by atoms with Crippen LogP contribution in [0, 0.1) is 5.92 Å². The number of ether oxygens (including phenoxy) is 2. The molecule has 0 N–H and O–H groups in total. The minimum Gasteiger partial charge on any atom is -0.381 e. The molecule has 5 heteroatoms. The van der Waals surface area contributed by atoms with Crippen molar-refractivity contribution in [3.8, 4) is 0 Å². The van der Waals surface area contributed by atoms with Crippen molar-refractivity contribution in [1.29, 1.82) is 0 Å². The fourth-order valence-electron chi connectivity index (χ4n) is 4.42. The van der Waals surface area contributed by atoms with Crippen LogP contribution in [0.15, 0.2) is 30.3 Å². The summed E-state index contributed by atoms with van der Waals surface area (Å²) in [4.78, 5) is 17.4. The van der Waals surface area contributed by atoms with Crippen molar-refractivity contribution in [2.75, 3.05) is 39.5 Å². The standard InChI is InChI=1S/C21H30N2O3/c24-21(18-6-10-25-11-7-18)22-15-20(16-22)23(19-8-12-26-13-9-19)14-17-4-2-1-3-5-17/h1-5,18-20H,6-16H2. The van der Waals surface area contributed by atoms with Gasteiger partial charge in [-0.05, 0) is 31.2 Å². The van der Waals surface area contributed by atoms with Crippen LogP contribution in [0.1, 0.15) is 31.2 Å². The van der Waals surface area contributed by atoms with Crippen molar-refractivity contribution in [3.05, 3.63) is 35.9 Å². The first-order valence-corrected chi connectivity index (χ1v) is 10.0. The van der Waals surface area contributed by atoms with Crippen LogP contribution in [0.3, 0.4) is 0 Å². The molecule has 0 bridgehead atoms. The Kier molecular flexibility index (Phi) is 5.88. The molecule has 3 aliphatic rings. The van der Waals surface area contributed by atoms with Crippen LogP contribution in [-0.4, -0.2) is 67.3 Å². The van der Waals surface area contributed by atoms with Crippen molar-refractivity contribution in [1.82, 2.24) is 9.80 Å². The van der Waals surface area contributed by atoms with E-state index in [0.29, 0.717) is 18.0 Å². The zero-order valence-corrected chi connectivity index (χ0v) is 15.5. The Hall–Kier alpha value is -1.43. The summed E-state index contributed by atoms with van der Waals surface area (Å²) in [5.74, 6) is 0.520. The minimum atomic E-state index is 0.176. The summed E-state index contributed by atoms with van der Waals surface area (Å²) in [7, 11) is 0. The van der Waals surface area contributed by atoms with E-state index in [0.717, 1.165) is 71.7 Å². The Morgan fingerprint density at radius 3 is 2.19 bits per heavy atom. The van der Waals surface area contributed by atoms with E-state index < -0.39 is 0 Å². The third-order valence-electron chi connectivity index (χ3n) is 6.08. The molecule has 3 aliphatic heterocycles. The third-order valence-corrected chi connectivity index (χ3v) is 6.08. The maximum absolute atomic E-state index is 12.7. The minimum absolute atomic E-state index is 0.176. The average molecular weight is 358 g/mol. The maximum atomic E-state index is 12.7. The molecule has 5 nitrogen and oxygen atoms in total. The van der Waals surface area contributed by atoms with Crippen LogP contribution in [0.4, 0.5) is 0 Å². The SMILES string of the molecule is O=C(C1CCOCC1)N1CC(N(Cc2ccccc2)C2CCOCC2)C1. The van der Waals surface area contributed by atoms with Crippen LogP contribution in [-0.2, 0) is 20.8 Å². The first-order valence-electron chi connectivity index (χ1n) is 10.0. The molecule has 3 fully saturated rings. The number of benzene rings is 1. The zero-order chi connectivity index (χ0) is 17.8. The molecule has 0 spiro atoms. The highest BCUT2D eigenvalue weighted by molar-refractivity contribution is 5.79. The smallest absolute Gasteiger partial charge is 0.225 e. The summed E-state index contributed by atoms with van der Waals surface area (Å²) >= 11 is 0. The quantitative estimate of drug-likeness (QED) is 0.810. The Bertz CT molecular complexity index is 576. The molecule has 1 aromatic rings. The molecule has 0 unspecified atom stereocenters. The molecule has 26 heavy (non-hydrogen) atoms. The van der Waals surface area contributed by atoms with E-state index in [9.17, 15) is 4.79 Å². The van der Waals surface area contributed by atoms with Gasteiger partial charge in [-0.15, -0.1) is 0 Å². The summed E-state index contributed by atoms with van der Waals surface area (Å²) in [6.45, 7) is 5.89. The molecule has 4 rings (SSSR count). The average Bonchev–Trinajstić information content (AvgIpc) is 2.68. The molecule has 3 saturated heterocycles. The van der Waals surface area contributed by atoms with Crippen molar-refractivity contribution >= 4 is 5.91 Å². The van der Waals surface area contributed by atoms with Gasteiger partial charge in [-0.25, -0.2) is 0 Å². The molecule has 1 aromatic carbocycles. The normalized spacial score (nSPS) is 23.2. The Labute approximate surface area is 156 Å². The molecule has 3 heterocycles. The Morgan fingerprint density at radius 1 is 0.923 bits per heavy atom. The second kappa shape index (κ2) is 8.51. The van der Waals surface area contributed by atoms with Gasteiger partial charge in [-0.1, -0.05) is 30.3 Å². The molecule has 1 amide bonds. The second-order valence-electron chi connectivity index (χ2n) is 7.79. The number of carbonyl (C=O) groups excluding carboxylic acids is 1. The lowest BCUT2D eigenvalue weighted by Gasteiger charge is -2.50. The number of hydrogen-bond donors (Lipinski definition) is 0. The highest BCUT2D eigenvalue weighted by Crippen LogP contribution is 2.28. The molecular weight excluding hydrogens is 328 g/mol. The number of rotatable bonds is 5. The summed E-state index contributed by atoms with van der Waals surface area (Å²) < 4.78 is 11.0. The predicted molar refractivity (Wildman–Crippen MR) is 99.7 cm³/mol. The first kappa shape index (κ1) is 18.0. The monoisotopic (exact) mass is 358 g/mol. The molecule has 0 saturated carbocycles. The lowest BCUT2D eigenvalue weighted by atomic mass is 9.94. The summed E-state index contributed by atoms with van der Waals surface area (Å²) in [5, 5.41) is 0. The highest BCUT2D eigenvalue weighted by atomic mass is 16.5. The van der Waals surface area contributed by atoms with Gasteiger partial charge < -0.3 is 14.4 Å². The van der Waals surface area contributed by atoms with Crippen molar-refractivity contribution in [2.24, 2.45) is 5.92 Å². The van der Waals surface area contributed by atoms with E-state index in [4.69, 9.17) is 9.47 Å². The van der Waals surface area contributed by atoms with Gasteiger partial charge >= 0.3 is 0 Å². The number of hydrogen-bond acceptors (Lipinski definition) is 4. The Morgan fingerprint density at radius 2 is 1.54 bits per heavy atom. The van der Waals surface area contributed by atoms with Crippen molar-refractivity contribution < 1.29 is 14.3 Å². The van der Waals surface area contributed by atoms with Crippen molar-refractivity contribution in [2.45, 2.75) is 44.3 Å². The van der Waals surface area contributed by atoms with Crippen LogP contribution >= 0.6 is 0 Å². The van der Waals surface area contributed by atoms with Gasteiger partial charge in [0, 0.05) is 64.1 Å². The lowest BCUT2D eigenvalue weighted by Crippen LogP contribution is -2.64. The van der Waals surface area contributed by atoms with E-state index in [1.807, 2.05) is 0 Å². The van der Waals surface area contributed by atoms with Crippen LogP contribution in [0.5, 0.6) is 0 Å². The van der Waals surface area contributed by atoms with Gasteiger partial charge in [0.25, 0.3) is 0 Å². The van der Waals surface area contributed by atoms with Gasteiger partial charge in [-0.2, -0.15) is 0 Å². The van der Waals surface area contributed by atoms with E-state index in [2.05, 4.69) is 40.1 Å². The lowest BCUT2D eigenvalue weighted by molar-refractivity contribution is -0.148. The Balaban J connectivity index is 1.38. The van der Waals surface area contributed by atoms with Gasteiger partial charge in [-0.3, -0.25) is 9.69 Å². The molecule has 0 aliphatic carbocycles. The van der Waals surface area contributed by atoms with E-state index in [1.54, 1.807) is 0 Å². The summed E-state index contributed by atoms with van der Waals surface area (Å²) in [5.41, 5.74) is 1.35. The van der Waals surface area contributed by atoms with Crippen LogP contribution < -0.4 is 0 Å². The topological polar surface area (TPSA) is 42.0 Å². The number of carbonyl (C=O) groups is 1. The highest BCUT2D eigenvalue weighted by Gasteiger charge is 2.40. The van der Waals surface area contributed by atoms with E-state index >= 15 is 0 Å². The van der Waals surface area contributed by atoms with Gasteiger partial charge in [0.2, 0.25) is 5.91 Å². The molecule has 0 aromatic heterocycles. The maximum Gasteiger partial charge on any atom is 0.225 e. The van der Waals surface area contributed by atoms with Gasteiger partial charge in [0.1, 0.15) is 0 Å². The molecule has 0 atom stereocenters. The summed E-state index contributed by atoms with van der Waals surface area (Å²) in [6, 6.07) is 11.7. The van der Waals surface area contributed by atoms with E-state index in [1.165, 1.54) is 5.56 Å². The van der Waals surface area contributed by atoms with Crippen molar-refractivity contribution in [3.63, 3.8) is 0 Å². The number of nitrogens with zero attached hydrogens (tertiary/aromatic N) is 2. The van der Waals surface area contributed by atoms with Crippen LogP contribution in [0.25, 0.3) is 0 Å². The fourth-order valence-corrected chi connectivity index (χ4v) is 4.42. The molecule has 0 radical (unpaired) electrons. The predicted octanol–water partition coefficient (Wildman–Crippen LogP) is 2.30. The van der Waals surface area contributed by atoms with Gasteiger partial charge in [0.05, 0.1) is 0 Å². The number of likely N-dealkylation sites (tertiary alicyclic amines) is 1. The zero-order valence-electron chi connectivity index (χ0n) is 15.5. The largest absolute Gasteiger partial charge is 0.381 e. The van der Waals surface area contributed by atoms with Gasteiger partial charge in [0.15, 0.2) is 0 Å². The third kappa shape index (κ3) is 4.11. The first-order chi connectivity index (χ1) is 12.8. The van der Waals surface area contributed by atoms with Crippen LogP contribution in [0.2, 0.25) is 0 Å². The molecule has 142 valence electrons. The van der Waals surface area contributed by atoms with E-state index in [-0.39, 0.29) is 5.92 Å². The summed E-state index contributed by atoms with van der Waals surface area (Å²) in [6.07, 6.45) is 3.95. The fraction of sp³-hybridized carbons (Fsp3) is 0.667.